The molecular weight excluding hydrogens is 310 g/mol. The third kappa shape index (κ3) is 3.15. The van der Waals surface area contributed by atoms with Crippen molar-refractivity contribution in [1.82, 2.24) is 10.1 Å². The lowest BCUT2D eigenvalue weighted by atomic mass is 10.1. The Morgan fingerprint density at radius 1 is 1.33 bits per heavy atom. The molecule has 0 bridgehead atoms. The molecule has 0 fully saturated rings. The number of nitrogens with one attached hydrogen (secondary N) is 1. The van der Waals surface area contributed by atoms with Crippen LogP contribution in [0, 0.1) is 0 Å². The first-order valence-corrected chi connectivity index (χ1v) is 7.50. The molecular formula is C17H17N3O4. The van der Waals surface area contributed by atoms with E-state index in [-0.39, 0.29) is 6.61 Å². The summed E-state index contributed by atoms with van der Waals surface area (Å²) in [4.78, 5) is 16.6. The van der Waals surface area contributed by atoms with Gasteiger partial charge >= 0.3 is 5.97 Å². The van der Waals surface area contributed by atoms with Gasteiger partial charge in [0.2, 0.25) is 0 Å². The zero-order valence-electron chi connectivity index (χ0n) is 13.4. The maximum absolute atomic E-state index is 12.3. The van der Waals surface area contributed by atoms with E-state index >= 15 is 0 Å². The highest BCUT2D eigenvalue weighted by Gasteiger charge is 2.17. The molecule has 2 aromatic heterocycles. The lowest BCUT2D eigenvalue weighted by Gasteiger charge is -2.14. The topological polar surface area (TPSA) is 86.5 Å². The number of pyridine rings is 1. The van der Waals surface area contributed by atoms with Gasteiger partial charge in [0, 0.05) is 17.6 Å². The highest BCUT2D eigenvalue weighted by molar-refractivity contribution is 6.05. The Bertz CT molecular complexity index is 846. The second-order valence-electron chi connectivity index (χ2n) is 4.99. The van der Waals surface area contributed by atoms with Gasteiger partial charge in [-0.1, -0.05) is 5.16 Å². The molecule has 0 saturated carbocycles. The van der Waals surface area contributed by atoms with Crippen LogP contribution in [0.5, 0.6) is 5.75 Å². The molecule has 0 spiro atoms. The van der Waals surface area contributed by atoms with Crippen LogP contribution < -0.4 is 10.1 Å². The maximum atomic E-state index is 12.3. The minimum Gasteiger partial charge on any atom is -0.497 e. The maximum Gasteiger partial charge on any atom is 0.341 e. The van der Waals surface area contributed by atoms with Crippen LogP contribution >= 0.6 is 0 Å². The minimum atomic E-state index is -0.433. The number of aromatic nitrogens is 2. The zero-order chi connectivity index (χ0) is 16.9. The first-order chi connectivity index (χ1) is 11.7. The van der Waals surface area contributed by atoms with Crippen LogP contribution in [0.15, 0.2) is 41.2 Å². The second-order valence-corrected chi connectivity index (χ2v) is 4.99. The summed E-state index contributed by atoms with van der Waals surface area (Å²) in [5.41, 5.74) is 2.45. The molecule has 3 rings (SSSR count). The largest absolute Gasteiger partial charge is 0.497 e. The number of methoxy groups -OCH3 is 1. The summed E-state index contributed by atoms with van der Waals surface area (Å²) in [6.45, 7) is 2.45. The standard InChI is InChI=1S/C17H17N3O4/c1-3-23-17(21)14-10-18-15-5-4-12(22-2)8-13(15)16(14)19-9-11-6-7-24-20-11/h4-8,10H,3,9H2,1-2H3,(H,18,19). The predicted molar refractivity (Wildman–Crippen MR) is 88.1 cm³/mol. The van der Waals surface area contributed by atoms with E-state index in [2.05, 4.69) is 15.5 Å². The summed E-state index contributed by atoms with van der Waals surface area (Å²) in [5.74, 6) is 0.243. The number of carbonyl (C=O) groups is 1. The van der Waals surface area contributed by atoms with Crippen molar-refractivity contribution >= 4 is 22.6 Å². The summed E-state index contributed by atoms with van der Waals surface area (Å²) in [7, 11) is 1.59. The predicted octanol–water partition coefficient (Wildman–Crippen LogP) is 3.02. The first-order valence-electron chi connectivity index (χ1n) is 7.50. The molecule has 0 saturated heterocycles. The molecule has 124 valence electrons. The number of nitrogens with zero attached hydrogens (tertiary/aromatic N) is 2. The Hall–Kier alpha value is -3.09. The van der Waals surface area contributed by atoms with Gasteiger partial charge in [-0.15, -0.1) is 0 Å². The van der Waals surface area contributed by atoms with Gasteiger partial charge in [-0.3, -0.25) is 4.98 Å². The summed E-state index contributed by atoms with van der Waals surface area (Å²) < 4.78 is 15.2. The van der Waals surface area contributed by atoms with Crippen molar-refractivity contribution in [3.8, 4) is 5.75 Å². The number of esters is 1. The quantitative estimate of drug-likeness (QED) is 0.696. The number of anilines is 1. The van der Waals surface area contributed by atoms with Crippen LogP contribution in [-0.4, -0.2) is 29.8 Å². The van der Waals surface area contributed by atoms with Crippen molar-refractivity contribution in [2.45, 2.75) is 13.5 Å². The number of fused-ring (bicyclic) bond motifs is 1. The van der Waals surface area contributed by atoms with Gasteiger partial charge in [0.1, 0.15) is 23.3 Å². The third-order valence-corrected chi connectivity index (χ3v) is 3.51. The monoisotopic (exact) mass is 327 g/mol. The SMILES string of the molecule is CCOC(=O)c1cnc2ccc(OC)cc2c1NCc1ccon1. The molecule has 1 aromatic carbocycles. The van der Waals surface area contributed by atoms with Gasteiger partial charge in [-0.2, -0.15) is 0 Å². The van der Waals surface area contributed by atoms with Crippen LogP contribution in [0.25, 0.3) is 10.9 Å². The number of hydrogen-bond donors (Lipinski definition) is 1. The third-order valence-electron chi connectivity index (χ3n) is 3.51. The first kappa shape index (κ1) is 15.8. The van der Waals surface area contributed by atoms with Crippen molar-refractivity contribution in [2.75, 3.05) is 19.0 Å². The Balaban J connectivity index is 2.07. The lowest BCUT2D eigenvalue weighted by Crippen LogP contribution is -2.11. The average molecular weight is 327 g/mol. The molecule has 24 heavy (non-hydrogen) atoms. The fourth-order valence-electron chi connectivity index (χ4n) is 2.36. The van der Waals surface area contributed by atoms with E-state index in [1.54, 1.807) is 20.1 Å². The van der Waals surface area contributed by atoms with Gasteiger partial charge in [-0.25, -0.2) is 4.79 Å². The van der Waals surface area contributed by atoms with Crippen LogP contribution in [0.1, 0.15) is 23.0 Å². The molecule has 0 radical (unpaired) electrons. The van der Waals surface area contributed by atoms with Gasteiger partial charge in [-0.05, 0) is 25.1 Å². The second kappa shape index (κ2) is 6.99. The molecule has 0 aliphatic rings. The number of hydrogen-bond acceptors (Lipinski definition) is 7. The zero-order valence-corrected chi connectivity index (χ0v) is 13.4. The highest BCUT2D eigenvalue weighted by atomic mass is 16.5. The van der Waals surface area contributed by atoms with E-state index in [0.29, 0.717) is 23.5 Å². The Kier molecular flexibility index (Phi) is 4.60. The molecule has 7 nitrogen and oxygen atoms in total. The van der Waals surface area contributed by atoms with Crippen molar-refractivity contribution in [1.29, 1.82) is 0 Å². The molecule has 1 N–H and O–H groups in total. The van der Waals surface area contributed by atoms with E-state index in [9.17, 15) is 4.79 Å². The molecule has 0 unspecified atom stereocenters. The Morgan fingerprint density at radius 2 is 2.21 bits per heavy atom. The van der Waals surface area contributed by atoms with E-state index in [4.69, 9.17) is 14.0 Å². The molecule has 2 heterocycles. The van der Waals surface area contributed by atoms with Gasteiger partial charge in [0.05, 0.1) is 31.5 Å². The molecule has 0 atom stereocenters. The average Bonchev–Trinajstić information content (AvgIpc) is 3.12. The van der Waals surface area contributed by atoms with E-state index in [1.165, 1.54) is 12.5 Å². The minimum absolute atomic E-state index is 0.289. The fraction of sp³-hybridized carbons (Fsp3) is 0.235. The van der Waals surface area contributed by atoms with E-state index in [1.807, 2.05) is 18.2 Å². The number of benzene rings is 1. The van der Waals surface area contributed by atoms with Crippen molar-refractivity contribution in [3.63, 3.8) is 0 Å². The lowest BCUT2D eigenvalue weighted by molar-refractivity contribution is 0.0527. The van der Waals surface area contributed by atoms with Crippen molar-refractivity contribution in [3.05, 3.63) is 48.0 Å². The molecule has 0 aliphatic carbocycles. The number of rotatable bonds is 6. The van der Waals surface area contributed by atoms with Crippen LogP contribution in [0.3, 0.4) is 0 Å². The van der Waals surface area contributed by atoms with Crippen LogP contribution in [0.2, 0.25) is 0 Å². The van der Waals surface area contributed by atoms with Crippen LogP contribution in [0.4, 0.5) is 5.69 Å². The summed E-state index contributed by atoms with van der Waals surface area (Å²) in [5, 5.41) is 7.86. The van der Waals surface area contributed by atoms with Crippen molar-refractivity contribution in [2.24, 2.45) is 0 Å². The van der Waals surface area contributed by atoms with Crippen molar-refractivity contribution < 1.29 is 18.8 Å². The molecule has 0 aliphatic heterocycles. The Labute approximate surface area is 138 Å². The van der Waals surface area contributed by atoms with E-state index < -0.39 is 5.97 Å². The van der Waals surface area contributed by atoms with Gasteiger partial charge in [0.15, 0.2) is 0 Å². The summed E-state index contributed by atoms with van der Waals surface area (Å²) in [6.07, 6.45) is 3.01. The van der Waals surface area contributed by atoms with Gasteiger partial charge in [0.25, 0.3) is 0 Å². The van der Waals surface area contributed by atoms with Crippen LogP contribution in [-0.2, 0) is 11.3 Å². The van der Waals surface area contributed by atoms with Gasteiger partial charge < -0.3 is 19.3 Å². The molecule has 7 heteroatoms. The summed E-state index contributed by atoms with van der Waals surface area (Å²) in [6, 6.07) is 7.24. The molecule has 3 aromatic rings. The van der Waals surface area contributed by atoms with E-state index in [0.717, 1.165) is 16.6 Å². The number of ether oxygens (including phenoxy) is 2. The molecule has 0 amide bonds. The highest BCUT2D eigenvalue weighted by Crippen LogP contribution is 2.30. The number of carbonyl (C=O) groups excluding carboxylic acids is 1. The normalized spacial score (nSPS) is 10.6. The smallest absolute Gasteiger partial charge is 0.341 e. The summed E-state index contributed by atoms with van der Waals surface area (Å²) >= 11 is 0. The Morgan fingerprint density at radius 3 is 2.92 bits per heavy atom. The fourth-order valence-corrected chi connectivity index (χ4v) is 2.36.